The van der Waals surface area contributed by atoms with Gasteiger partial charge < -0.3 is 15.1 Å². The van der Waals surface area contributed by atoms with Gasteiger partial charge in [-0.1, -0.05) is 0 Å². The lowest BCUT2D eigenvalue weighted by atomic mass is 10.2. The lowest BCUT2D eigenvalue weighted by Gasteiger charge is -2.12. The molecule has 0 aliphatic rings. The molecule has 5 nitrogen and oxygen atoms in total. The van der Waals surface area contributed by atoms with Gasteiger partial charge >= 0.3 is 0 Å². The number of carbonyl (C=O) groups is 1. The van der Waals surface area contributed by atoms with Crippen LogP contribution in [0, 0.1) is 11.3 Å². The van der Waals surface area contributed by atoms with Gasteiger partial charge in [-0.25, -0.2) is 0 Å². The summed E-state index contributed by atoms with van der Waals surface area (Å²) in [5.74, 6) is 0.593. The summed E-state index contributed by atoms with van der Waals surface area (Å²) < 4.78 is 5.22. The van der Waals surface area contributed by atoms with E-state index >= 15 is 0 Å². The summed E-state index contributed by atoms with van der Waals surface area (Å²) in [6.45, 7) is 2.02. The highest BCUT2D eigenvalue weighted by atomic mass is 16.3. The molecule has 0 fully saturated rings. The fourth-order valence-electron chi connectivity index (χ4n) is 1.75. The minimum Gasteiger partial charge on any atom is -0.467 e. The number of carbonyl (C=O) groups excluding carboxylic acids is 1. The van der Waals surface area contributed by atoms with E-state index in [1.807, 2.05) is 19.1 Å². The van der Waals surface area contributed by atoms with Crippen LogP contribution in [0.4, 0.5) is 5.69 Å². The summed E-state index contributed by atoms with van der Waals surface area (Å²) in [5.41, 5.74) is 1.39. The van der Waals surface area contributed by atoms with Crippen LogP contribution in [-0.2, 0) is 4.79 Å². The topological polar surface area (TPSA) is 78.1 Å². The first-order chi connectivity index (χ1) is 9.69. The summed E-state index contributed by atoms with van der Waals surface area (Å²) in [4.78, 5) is 11.8. The van der Waals surface area contributed by atoms with E-state index in [0.717, 1.165) is 11.4 Å². The molecule has 0 bridgehead atoms. The highest BCUT2D eigenvalue weighted by Crippen LogP contribution is 2.12. The number of nitrogens with zero attached hydrogens (tertiary/aromatic N) is 1. The Kier molecular flexibility index (Phi) is 4.40. The number of hydrogen-bond acceptors (Lipinski definition) is 4. The van der Waals surface area contributed by atoms with E-state index in [1.54, 1.807) is 36.6 Å². The summed E-state index contributed by atoms with van der Waals surface area (Å²) in [6.07, 6.45) is 1.58. The highest BCUT2D eigenvalue weighted by molar-refractivity contribution is 5.81. The molecular weight excluding hydrogens is 254 g/mol. The van der Waals surface area contributed by atoms with Gasteiger partial charge in [0.05, 0.1) is 30.5 Å². The van der Waals surface area contributed by atoms with E-state index in [-0.39, 0.29) is 18.5 Å². The maximum atomic E-state index is 11.8. The van der Waals surface area contributed by atoms with Gasteiger partial charge in [0, 0.05) is 5.69 Å². The van der Waals surface area contributed by atoms with E-state index in [2.05, 4.69) is 10.6 Å². The standard InChI is InChI=1S/C15H15N3O2/c1-11(14-3-2-8-20-14)18-15(19)10-17-13-6-4-12(9-16)5-7-13/h2-8,11,17H,10H2,1H3,(H,18,19). The molecule has 1 heterocycles. The second-order valence-electron chi connectivity index (χ2n) is 4.35. The summed E-state index contributed by atoms with van der Waals surface area (Å²) in [5, 5.41) is 14.5. The minimum atomic E-state index is -0.166. The van der Waals surface area contributed by atoms with Crippen LogP contribution in [0.1, 0.15) is 24.3 Å². The van der Waals surface area contributed by atoms with Crippen LogP contribution in [0.25, 0.3) is 0 Å². The summed E-state index contributed by atoms with van der Waals surface area (Å²) in [6, 6.07) is 12.4. The van der Waals surface area contributed by atoms with E-state index in [9.17, 15) is 4.79 Å². The average Bonchev–Trinajstić information content (AvgIpc) is 3.00. The zero-order valence-electron chi connectivity index (χ0n) is 11.1. The van der Waals surface area contributed by atoms with Crippen molar-refractivity contribution >= 4 is 11.6 Å². The number of amides is 1. The van der Waals surface area contributed by atoms with Crippen molar-refractivity contribution in [3.63, 3.8) is 0 Å². The third kappa shape index (κ3) is 3.62. The summed E-state index contributed by atoms with van der Waals surface area (Å²) >= 11 is 0. The molecule has 1 unspecified atom stereocenters. The van der Waals surface area contributed by atoms with Crippen LogP contribution in [-0.4, -0.2) is 12.5 Å². The largest absolute Gasteiger partial charge is 0.467 e. The first kappa shape index (κ1) is 13.7. The number of hydrogen-bond donors (Lipinski definition) is 2. The van der Waals surface area contributed by atoms with Gasteiger partial charge in [-0.05, 0) is 43.3 Å². The van der Waals surface area contributed by atoms with Gasteiger partial charge in [0.15, 0.2) is 0 Å². The van der Waals surface area contributed by atoms with E-state index in [1.165, 1.54) is 0 Å². The zero-order chi connectivity index (χ0) is 14.4. The van der Waals surface area contributed by atoms with Gasteiger partial charge in [-0.15, -0.1) is 0 Å². The Morgan fingerprint density at radius 2 is 2.10 bits per heavy atom. The maximum absolute atomic E-state index is 11.8. The predicted molar refractivity (Wildman–Crippen MR) is 74.9 cm³/mol. The number of anilines is 1. The SMILES string of the molecule is CC(NC(=O)CNc1ccc(C#N)cc1)c1ccco1. The molecule has 5 heteroatoms. The van der Waals surface area contributed by atoms with Crippen LogP contribution in [0.3, 0.4) is 0 Å². The smallest absolute Gasteiger partial charge is 0.239 e. The van der Waals surface area contributed by atoms with Crippen molar-refractivity contribution in [2.45, 2.75) is 13.0 Å². The molecule has 2 N–H and O–H groups in total. The summed E-state index contributed by atoms with van der Waals surface area (Å²) in [7, 11) is 0. The lowest BCUT2D eigenvalue weighted by molar-refractivity contribution is -0.120. The Bertz CT molecular complexity index is 597. The second-order valence-corrected chi connectivity index (χ2v) is 4.35. The Labute approximate surface area is 117 Å². The molecule has 2 rings (SSSR count). The molecule has 2 aromatic rings. The van der Waals surface area contributed by atoms with Crippen LogP contribution < -0.4 is 10.6 Å². The van der Waals surface area contributed by atoms with E-state index in [4.69, 9.17) is 9.68 Å². The van der Waals surface area contributed by atoms with Gasteiger partial charge in [0.1, 0.15) is 5.76 Å². The van der Waals surface area contributed by atoms with Crippen LogP contribution in [0.2, 0.25) is 0 Å². The van der Waals surface area contributed by atoms with Crippen molar-refractivity contribution in [1.29, 1.82) is 5.26 Å². The first-order valence-corrected chi connectivity index (χ1v) is 6.26. The van der Waals surface area contributed by atoms with Gasteiger partial charge in [0.2, 0.25) is 5.91 Å². The second kappa shape index (κ2) is 6.43. The number of rotatable bonds is 5. The van der Waals surface area contributed by atoms with Crippen LogP contribution in [0.15, 0.2) is 47.1 Å². The molecule has 1 aromatic heterocycles. The van der Waals surface area contributed by atoms with E-state index < -0.39 is 0 Å². The van der Waals surface area contributed by atoms with Crippen molar-refractivity contribution < 1.29 is 9.21 Å². The molecule has 0 saturated carbocycles. The molecule has 1 amide bonds. The van der Waals surface area contributed by atoms with Crippen molar-refractivity contribution in [3.05, 3.63) is 54.0 Å². The van der Waals surface area contributed by atoms with Crippen molar-refractivity contribution in [3.8, 4) is 6.07 Å². The molecule has 0 aliphatic carbocycles. The van der Waals surface area contributed by atoms with Crippen molar-refractivity contribution in [2.75, 3.05) is 11.9 Å². The normalized spacial score (nSPS) is 11.4. The third-order valence-electron chi connectivity index (χ3n) is 2.81. The molecule has 0 saturated heterocycles. The quantitative estimate of drug-likeness (QED) is 0.873. The fourth-order valence-corrected chi connectivity index (χ4v) is 1.75. The Hall–Kier alpha value is -2.74. The Balaban J connectivity index is 1.81. The van der Waals surface area contributed by atoms with Crippen molar-refractivity contribution in [1.82, 2.24) is 5.32 Å². The molecule has 0 aliphatic heterocycles. The number of nitrogens with one attached hydrogen (secondary N) is 2. The first-order valence-electron chi connectivity index (χ1n) is 6.26. The van der Waals surface area contributed by atoms with Gasteiger partial charge in [-0.2, -0.15) is 5.26 Å². The van der Waals surface area contributed by atoms with Crippen molar-refractivity contribution in [2.24, 2.45) is 0 Å². The van der Waals surface area contributed by atoms with Gasteiger partial charge in [-0.3, -0.25) is 4.79 Å². The zero-order valence-corrected chi connectivity index (χ0v) is 11.1. The van der Waals surface area contributed by atoms with E-state index in [0.29, 0.717) is 5.56 Å². The molecular formula is C15H15N3O2. The number of nitriles is 1. The molecule has 20 heavy (non-hydrogen) atoms. The highest BCUT2D eigenvalue weighted by Gasteiger charge is 2.11. The van der Waals surface area contributed by atoms with Gasteiger partial charge in [0.25, 0.3) is 0 Å². The molecule has 0 radical (unpaired) electrons. The molecule has 1 atom stereocenters. The third-order valence-corrected chi connectivity index (χ3v) is 2.81. The molecule has 0 spiro atoms. The number of furan rings is 1. The maximum Gasteiger partial charge on any atom is 0.239 e. The fraction of sp³-hybridized carbons (Fsp3) is 0.200. The molecule has 102 valence electrons. The van der Waals surface area contributed by atoms with Crippen LogP contribution in [0.5, 0.6) is 0 Å². The van der Waals surface area contributed by atoms with Crippen LogP contribution >= 0.6 is 0 Å². The Morgan fingerprint density at radius 1 is 1.35 bits per heavy atom. The average molecular weight is 269 g/mol. The molecule has 1 aromatic carbocycles. The number of benzene rings is 1. The predicted octanol–water partition coefficient (Wildman–Crippen LogP) is 2.44. The monoisotopic (exact) mass is 269 g/mol. The minimum absolute atomic E-state index is 0.127. The Morgan fingerprint density at radius 3 is 2.70 bits per heavy atom. The lowest BCUT2D eigenvalue weighted by Crippen LogP contribution is -2.31.